The zero-order valence-corrected chi connectivity index (χ0v) is 21.0. The molecule has 0 unspecified atom stereocenters. The molecule has 0 bridgehead atoms. The fraction of sp³-hybridized carbons (Fsp3) is 0.276. The fourth-order valence-corrected chi connectivity index (χ4v) is 3.75. The Bertz CT molecular complexity index is 1240. The first kappa shape index (κ1) is 29.5. The molecule has 4 N–H and O–H groups in total. The van der Waals surface area contributed by atoms with Crippen molar-refractivity contribution in [2.45, 2.75) is 51.0 Å². The van der Waals surface area contributed by atoms with Gasteiger partial charge in [-0.2, -0.15) is 22.0 Å². The first-order valence-electron chi connectivity index (χ1n) is 12.2. The maximum atomic E-state index is 14.7. The average Bonchev–Trinajstić information content (AvgIpc) is 2.86. The van der Waals surface area contributed by atoms with Gasteiger partial charge in [-0.25, -0.2) is 4.79 Å². The second-order valence-corrected chi connectivity index (χ2v) is 9.01. The molecule has 0 aliphatic heterocycles. The zero-order chi connectivity index (χ0) is 28.5. The van der Waals surface area contributed by atoms with Crippen molar-refractivity contribution in [3.05, 3.63) is 95.1 Å². The quantitative estimate of drug-likeness (QED) is 0.0810. The number of hydrogen-bond donors (Lipinski definition) is 2. The van der Waals surface area contributed by atoms with Crippen LogP contribution in [0, 0.1) is 0 Å². The van der Waals surface area contributed by atoms with Crippen LogP contribution in [0.5, 0.6) is 5.75 Å². The Morgan fingerprint density at radius 3 is 2.05 bits per heavy atom. The van der Waals surface area contributed by atoms with Crippen LogP contribution in [-0.2, 0) is 28.7 Å². The monoisotopic (exact) mass is 548 g/mol. The van der Waals surface area contributed by atoms with E-state index in [4.69, 9.17) is 20.9 Å². The molecule has 0 aliphatic rings. The third kappa shape index (κ3) is 10.3. The van der Waals surface area contributed by atoms with E-state index < -0.39 is 24.7 Å². The van der Waals surface area contributed by atoms with Crippen LogP contribution in [0.1, 0.15) is 47.9 Å². The van der Waals surface area contributed by atoms with Crippen molar-refractivity contribution in [2.75, 3.05) is 11.5 Å². The third-order valence-electron chi connectivity index (χ3n) is 5.67. The van der Waals surface area contributed by atoms with Gasteiger partial charge < -0.3 is 20.9 Å². The number of nitrogen functional groups attached to an aromatic ring is 2. The second kappa shape index (κ2) is 13.1. The van der Waals surface area contributed by atoms with Crippen LogP contribution in [0.25, 0.3) is 6.08 Å². The molecule has 0 saturated carbocycles. The molecule has 3 aromatic carbocycles. The zero-order valence-electron chi connectivity index (χ0n) is 21.0. The summed E-state index contributed by atoms with van der Waals surface area (Å²) in [5.41, 5.74) is 13.9. The van der Waals surface area contributed by atoms with Gasteiger partial charge in [0.1, 0.15) is 12.4 Å². The lowest BCUT2D eigenvalue weighted by Crippen LogP contribution is -2.21. The van der Waals surface area contributed by atoms with Crippen LogP contribution >= 0.6 is 0 Å². The molecule has 0 aromatic heterocycles. The van der Waals surface area contributed by atoms with Gasteiger partial charge in [-0.1, -0.05) is 30.7 Å². The Balaban J connectivity index is 1.48. The summed E-state index contributed by atoms with van der Waals surface area (Å²) in [4.78, 5) is 12.0. The van der Waals surface area contributed by atoms with Crippen molar-refractivity contribution in [1.29, 1.82) is 0 Å². The van der Waals surface area contributed by atoms with Crippen LogP contribution in [0.4, 0.5) is 33.3 Å². The summed E-state index contributed by atoms with van der Waals surface area (Å²) in [6, 6.07) is 16.1. The maximum absolute atomic E-state index is 14.7. The molecule has 0 heterocycles. The van der Waals surface area contributed by atoms with E-state index in [1.54, 1.807) is 30.3 Å². The molecule has 10 heteroatoms. The Labute approximate surface area is 223 Å². The van der Waals surface area contributed by atoms with Gasteiger partial charge in [-0.05, 0) is 84.5 Å². The van der Waals surface area contributed by atoms with Gasteiger partial charge in [0, 0.05) is 23.9 Å². The van der Waals surface area contributed by atoms with Crippen molar-refractivity contribution < 1.29 is 36.2 Å². The third-order valence-corrected chi connectivity index (χ3v) is 5.67. The lowest BCUT2D eigenvalue weighted by molar-refractivity contribution is -0.185. The standard InChI is InChI=1S/C29H29F5N2O3/c30-28(31,32)15-3-1-2-4-20-7-12-26(13-8-20)39-29(33,34)23-10-5-21(6-11-23)9-14-27(37)38-19-22-16-24(35)18-25(36)17-22/h5-14,16-18H,1-4,15,19,35-36H2/b14-9+. The lowest BCUT2D eigenvalue weighted by atomic mass is 10.1. The van der Waals surface area contributed by atoms with Crippen LogP contribution in [0.15, 0.2) is 72.8 Å². The van der Waals surface area contributed by atoms with Gasteiger partial charge in [0.05, 0.1) is 5.56 Å². The SMILES string of the molecule is Nc1cc(N)cc(COC(=O)/C=C/c2ccc(C(F)(F)Oc3ccc(CCCCCC(F)(F)F)cc3)cc2)c1. The van der Waals surface area contributed by atoms with Crippen molar-refractivity contribution >= 4 is 23.4 Å². The highest BCUT2D eigenvalue weighted by Gasteiger charge is 2.34. The number of unbranched alkanes of at least 4 members (excludes halogenated alkanes) is 2. The van der Waals surface area contributed by atoms with Gasteiger partial charge in [-0.15, -0.1) is 0 Å². The molecule has 3 aromatic rings. The van der Waals surface area contributed by atoms with E-state index >= 15 is 0 Å². The molecule has 0 atom stereocenters. The number of esters is 1. The molecular formula is C29H29F5N2O3. The summed E-state index contributed by atoms with van der Waals surface area (Å²) < 4.78 is 75.9. The maximum Gasteiger partial charge on any atom is 0.426 e. The normalized spacial score (nSPS) is 12.0. The summed E-state index contributed by atoms with van der Waals surface area (Å²) in [6.45, 7) is -0.0240. The summed E-state index contributed by atoms with van der Waals surface area (Å²) in [5, 5.41) is 0. The van der Waals surface area contributed by atoms with Gasteiger partial charge >= 0.3 is 18.3 Å². The molecule has 0 fully saturated rings. The van der Waals surface area contributed by atoms with E-state index in [0.29, 0.717) is 41.8 Å². The minimum absolute atomic E-state index is 0.0240. The van der Waals surface area contributed by atoms with Gasteiger partial charge in [0.25, 0.3) is 0 Å². The topological polar surface area (TPSA) is 87.6 Å². The van der Waals surface area contributed by atoms with E-state index in [2.05, 4.69) is 0 Å². The number of carbonyl (C=O) groups excluding carboxylic acids is 1. The highest BCUT2D eigenvalue weighted by Crippen LogP contribution is 2.32. The minimum atomic E-state index is -4.15. The minimum Gasteiger partial charge on any atom is -0.458 e. The first-order valence-corrected chi connectivity index (χ1v) is 12.2. The Morgan fingerprint density at radius 2 is 1.44 bits per heavy atom. The predicted octanol–water partition coefficient (Wildman–Crippen LogP) is 7.40. The summed E-state index contributed by atoms with van der Waals surface area (Å²) in [5.74, 6) is -0.673. The van der Waals surface area contributed by atoms with Gasteiger partial charge in [0.2, 0.25) is 0 Å². The molecule has 208 valence electrons. The Hall–Kier alpha value is -4.08. The van der Waals surface area contributed by atoms with Crippen molar-refractivity contribution in [2.24, 2.45) is 0 Å². The molecule has 0 aliphatic carbocycles. The number of alkyl halides is 5. The first-order chi connectivity index (χ1) is 18.4. The molecule has 0 radical (unpaired) electrons. The molecular weight excluding hydrogens is 519 g/mol. The molecule has 5 nitrogen and oxygen atoms in total. The van der Waals surface area contributed by atoms with Crippen LogP contribution in [0.3, 0.4) is 0 Å². The van der Waals surface area contributed by atoms with Crippen molar-refractivity contribution in [1.82, 2.24) is 0 Å². The lowest BCUT2D eigenvalue weighted by Gasteiger charge is -2.18. The number of halogens is 5. The number of aryl methyl sites for hydroxylation is 1. The van der Waals surface area contributed by atoms with Crippen molar-refractivity contribution in [3.8, 4) is 5.75 Å². The highest BCUT2D eigenvalue weighted by molar-refractivity contribution is 5.87. The van der Waals surface area contributed by atoms with Gasteiger partial charge in [0.15, 0.2) is 0 Å². The number of nitrogens with two attached hydrogens (primary N) is 2. The number of carbonyl (C=O) groups is 1. The smallest absolute Gasteiger partial charge is 0.426 e. The van der Waals surface area contributed by atoms with E-state index in [-0.39, 0.29) is 24.3 Å². The van der Waals surface area contributed by atoms with Crippen LogP contribution in [-0.4, -0.2) is 12.1 Å². The predicted molar refractivity (Wildman–Crippen MR) is 140 cm³/mol. The summed E-state index contributed by atoms with van der Waals surface area (Å²) >= 11 is 0. The van der Waals surface area contributed by atoms with Gasteiger partial charge in [-0.3, -0.25) is 0 Å². The number of benzene rings is 3. The molecule has 0 amide bonds. The summed E-state index contributed by atoms with van der Waals surface area (Å²) in [6.07, 6.45) is -4.34. The average molecular weight is 549 g/mol. The fourth-order valence-electron chi connectivity index (χ4n) is 3.75. The Morgan fingerprint density at radius 1 is 0.795 bits per heavy atom. The summed E-state index contributed by atoms with van der Waals surface area (Å²) in [7, 11) is 0. The second-order valence-electron chi connectivity index (χ2n) is 9.01. The van der Waals surface area contributed by atoms with Crippen molar-refractivity contribution in [3.63, 3.8) is 0 Å². The van der Waals surface area contributed by atoms with Crippen LogP contribution in [0.2, 0.25) is 0 Å². The molecule has 39 heavy (non-hydrogen) atoms. The number of rotatable bonds is 12. The van der Waals surface area contributed by atoms with E-state index in [9.17, 15) is 26.7 Å². The molecule has 0 spiro atoms. The van der Waals surface area contributed by atoms with E-state index in [0.717, 1.165) is 5.56 Å². The number of anilines is 2. The van der Waals surface area contributed by atoms with Crippen LogP contribution < -0.4 is 16.2 Å². The number of ether oxygens (including phenoxy) is 2. The largest absolute Gasteiger partial charge is 0.458 e. The number of hydrogen-bond acceptors (Lipinski definition) is 5. The highest BCUT2D eigenvalue weighted by atomic mass is 19.4. The molecule has 0 saturated heterocycles. The Kier molecular flexibility index (Phi) is 9.92. The molecule has 3 rings (SSSR count). The van der Waals surface area contributed by atoms with E-state index in [1.165, 1.54) is 48.6 Å². The van der Waals surface area contributed by atoms with E-state index in [1.807, 2.05) is 0 Å².